The van der Waals surface area contributed by atoms with Gasteiger partial charge in [0.1, 0.15) is 0 Å². The molecule has 0 atom stereocenters. The van der Waals surface area contributed by atoms with Crippen LogP contribution in [0.1, 0.15) is 0 Å². The second-order valence-corrected chi connectivity index (χ2v) is 17.0. The van der Waals surface area contributed by atoms with Crippen molar-refractivity contribution in [2.75, 3.05) is 4.90 Å². The lowest BCUT2D eigenvalue weighted by molar-refractivity contribution is 1.13. The van der Waals surface area contributed by atoms with Crippen LogP contribution in [-0.4, -0.2) is 13.7 Å². The van der Waals surface area contributed by atoms with Gasteiger partial charge in [-0.15, -0.1) is 0 Å². The highest BCUT2D eigenvalue weighted by molar-refractivity contribution is 6.29. The van der Waals surface area contributed by atoms with Crippen molar-refractivity contribution in [3.05, 3.63) is 255 Å². The Bertz CT molecular complexity index is 3780. The number of para-hydroxylation sites is 3. The molecular formula is C62H42N4. The fraction of sp³-hybridized carbons (Fsp3) is 0. The van der Waals surface area contributed by atoms with E-state index in [4.69, 9.17) is 0 Å². The molecule has 0 saturated carbocycles. The van der Waals surface area contributed by atoms with Gasteiger partial charge in [-0.25, -0.2) is 0 Å². The first-order valence-electron chi connectivity index (χ1n) is 22.6. The molecule has 0 spiro atoms. The standard InChI is InChI=1S/C62H42N4/c1-5-15-43(16-6-1)45-25-29-49(30-26-45)64(50-31-27-46(28-32-50)44-17-7-2-8-18-44)51-33-35-52(36-34-51)65-58-24-14-13-23-53(58)54-37-40-59-60(62(54)65)56-38-39-57-55(41-42-63(57)47-19-9-3-10-20-47)61(56)66(59)48-21-11-4-12-22-48/h1-42H. The summed E-state index contributed by atoms with van der Waals surface area (Å²) in [4.78, 5) is 2.36. The fourth-order valence-electron chi connectivity index (χ4n) is 10.3. The summed E-state index contributed by atoms with van der Waals surface area (Å²) in [6.45, 7) is 0. The largest absolute Gasteiger partial charge is 0.316 e. The Labute approximate surface area is 382 Å². The van der Waals surface area contributed by atoms with Crippen molar-refractivity contribution in [3.8, 4) is 39.3 Å². The summed E-state index contributed by atoms with van der Waals surface area (Å²) in [6.07, 6.45) is 2.21. The second-order valence-electron chi connectivity index (χ2n) is 17.0. The minimum absolute atomic E-state index is 1.08. The lowest BCUT2D eigenvalue weighted by atomic mass is 10.0. The second kappa shape index (κ2) is 15.4. The van der Waals surface area contributed by atoms with Crippen LogP contribution >= 0.6 is 0 Å². The van der Waals surface area contributed by atoms with Crippen LogP contribution in [-0.2, 0) is 0 Å². The maximum Gasteiger partial charge on any atom is 0.0641 e. The first-order valence-corrected chi connectivity index (χ1v) is 22.6. The Hall–Kier alpha value is -8.86. The summed E-state index contributed by atoms with van der Waals surface area (Å²) in [5, 5.41) is 6.14. The zero-order valence-corrected chi connectivity index (χ0v) is 36.0. The molecule has 13 rings (SSSR count). The highest BCUT2D eigenvalue weighted by Gasteiger charge is 2.23. The molecule has 0 N–H and O–H groups in total. The van der Waals surface area contributed by atoms with E-state index in [2.05, 4.69) is 274 Å². The van der Waals surface area contributed by atoms with Crippen molar-refractivity contribution in [1.29, 1.82) is 0 Å². The Morgan fingerprint density at radius 2 is 0.712 bits per heavy atom. The van der Waals surface area contributed by atoms with E-state index in [-0.39, 0.29) is 0 Å². The van der Waals surface area contributed by atoms with Gasteiger partial charge in [0.15, 0.2) is 0 Å². The van der Waals surface area contributed by atoms with Crippen molar-refractivity contribution < 1.29 is 0 Å². The molecule has 0 fully saturated rings. The molecule has 3 aromatic heterocycles. The van der Waals surface area contributed by atoms with Gasteiger partial charge in [-0.3, -0.25) is 0 Å². The van der Waals surface area contributed by atoms with E-state index < -0.39 is 0 Å². The molecule has 13 aromatic rings. The Kier molecular flexibility index (Phi) is 8.81. The van der Waals surface area contributed by atoms with E-state index in [0.717, 1.165) is 34.1 Å². The highest BCUT2D eigenvalue weighted by atomic mass is 15.1. The lowest BCUT2D eigenvalue weighted by Gasteiger charge is -2.26. The van der Waals surface area contributed by atoms with Crippen molar-refractivity contribution in [2.24, 2.45) is 0 Å². The molecule has 4 nitrogen and oxygen atoms in total. The van der Waals surface area contributed by atoms with Crippen molar-refractivity contribution in [3.63, 3.8) is 0 Å². The number of fused-ring (bicyclic) bond motifs is 9. The average Bonchev–Trinajstić information content (AvgIpc) is 4.09. The Morgan fingerprint density at radius 1 is 0.258 bits per heavy atom. The molecule has 0 saturated heterocycles. The van der Waals surface area contributed by atoms with Crippen molar-refractivity contribution in [2.45, 2.75) is 0 Å². The molecule has 66 heavy (non-hydrogen) atoms. The molecule has 10 aromatic carbocycles. The molecular weight excluding hydrogens is 801 g/mol. The minimum atomic E-state index is 1.08. The third kappa shape index (κ3) is 6.07. The molecule has 0 unspecified atom stereocenters. The predicted octanol–water partition coefficient (Wildman–Crippen LogP) is 16.6. The molecule has 0 aliphatic carbocycles. The molecule has 3 heterocycles. The molecule has 0 radical (unpaired) electrons. The van der Waals surface area contributed by atoms with Crippen molar-refractivity contribution in [1.82, 2.24) is 13.7 Å². The normalized spacial score (nSPS) is 11.6. The summed E-state index contributed by atoms with van der Waals surface area (Å²) >= 11 is 0. The van der Waals surface area contributed by atoms with Crippen LogP contribution in [0.4, 0.5) is 17.1 Å². The average molecular weight is 843 g/mol. The van der Waals surface area contributed by atoms with Crippen LogP contribution in [0, 0.1) is 0 Å². The SMILES string of the molecule is c1ccc(-c2ccc(N(c3ccc(-c4ccccc4)cc3)c3ccc(-n4c5ccccc5c5ccc6c(c7ccc8c(ccn8-c8ccccc8)c7n6-c6ccccc6)c54)cc3)cc2)cc1. The number of nitrogens with zero attached hydrogens (tertiary/aromatic N) is 4. The van der Waals surface area contributed by atoms with Gasteiger partial charge < -0.3 is 18.6 Å². The van der Waals surface area contributed by atoms with Crippen LogP contribution in [0.2, 0.25) is 0 Å². The van der Waals surface area contributed by atoms with Gasteiger partial charge in [-0.05, 0) is 125 Å². The quantitative estimate of drug-likeness (QED) is 0.149. The predicted molar refractivity (Wildman–Crippen MR) is 278 cm³/mol. The van der Waals surface area contributed by atoms with Gasteiger partial charge in [0.25, 0.3) is 0 Å². The van der Waals surface area contributed by atoms with E-state index in [9.17, 15) is 0 Å². The molecule has 4 heteroatoms. The number of benzene rings is 10. The third-order valence-electron chi connectivity index (χ3n) is 13.3. The smallest absolute Gasteiger partial charge is 0.0641 e. The number of hydrogen-bond donors (Lipinski definition) is 0. The number of rotatable bonds is 8. The van der Waals surface area contributed by atoms with Gasteiger partial charge >= 0.3 is 0 Å². The molecule has 0 amide bonds. The molecule has 0 bridgehead atoms. The zero-order valence-electron chi connectivity index (χ0n) is 36.0. The van der Waals surface area contributed by atoms with Gasteiger partial charge in [0, 0.05) is 67.3 Å². The first-order chi connectivity index (χ1) is 32.8. The Morgan fingerprint density at radius 3 is 1.32 bits per heavy atom. The molecule has 310 valence electrons. The monoisotopic (exact) mass is 842 g/mol. The van der Waals surface area contributed by atoms with Crippen LogP contribution in [0.3, 0.4) is 0 Å². The Balaban J connectivity index is 1.01. The minimum Gasteiger partial charge on any atom is -0.316 e. The van der Waals surface area contributed by atoms with Gasteiger partial charge in [-0.2, -0.15) is 0 Å². The van der Waals surface area contributed by atoms with Gasteiger partial charge in [-0.1, -0.05) is 146 Å². The zero-order chi connectivity index (χ0) is 43.6. The first kappa shape index (κ1) is 37.7. The van der Waals surface area contributed by atoms with Gasteiger partial charge in [0.05, 0.1) is 27.6 Å². The highest BCUT2D eigenvalue weighted by Crippen LogP contribution is 2.45. The third-order valence-corrected chi connectivity index (χ3v) is 13.3. The summed E-state index contributed by atoms with van der Waals surface area (Å²) in [5.74, 6) is 0. The topological polar surface area (TPSA) is 18.0 Å². The lowest BCUT2D eigenvalue weighted by Crippen LogP contribution is -2.10. The maximum absolute atomic E-state index is 2.48. The van der Waals surface area contributed by atoms with Gasteiger partial charge in [0.2, 0.25) is 0 Å². The van der Waals surface area contributed by atoms with Crippen LogP contribution < -0.4 is 4.90 Å². The molecule has 0 aliphatic rings. The van der Waals surface area contributed by atoms with Crippen molar-refractivity contribution >= 4 is 71.6 Å². The van der Waals surface area contributed by atoms with Crippen LogP contribution in [0.25, 0.3) is 93.8 Å². The van der Waals surface area contributed by atoms with E-state index in [0.29, 0.717) is 0 Å². The number of hydrogen-bond acceptors (Lipinski definition) is 1. The van der Waals surface area contributed by atoms with Crippen LogP contribution in [0.15, 0.2) is 255 Å². The van der Waals surface area contributed by atoms with E-state index in [1.165, 1.54) is 76.8 Å². The van der Waals surface area contributed by atoms with E-state index in [1.807, 2.05) is 0 Å². The van der Waals surface area contributed by atoms with Crippen LogP contribution in [0.5, 0.6) is 0 Å². The summed E-state index contributed by atoms with van der Waals surface area (Å²) in [5.41, 5.74) is 17.4. The van der Waals surface area contributed by atoms with E-state index >= 15 is 0 Å². The summed E-state index contributed by atoms with van der Waals surface area (Å²) in [6, 6.07) is 90.0. The summed E-state index contributed by atoms with van der Waals surface area (Å²) in [7, 11) is 0. The number of anilines is 3. The maximum atomic E-state index is 2.48. The molecule has 0 aliphatic heterocycles. The summed E-state index contributed by atoms with van der Waals surface area (Å²) < 4.78 is 7.25. The van der Waals surface area contributed by atoms with E-state index in [1.54, 1.807) is 0 Å². The number of aromatic nitrogens is 3. The fourth-order valence-corrected chi connectivity index (χ4v) is 10.3.